The molecular weight excluding hydrogens is 440 g/mol. The standard InChI is InChI=1S/C24H30N4O4S/c1-5-6-7-11-28-21-14-20-19(13-18(21)24(2,3)23(28)29)26-22(27-20)15-25-33(30,31)17-10-8-9-16(12-17)32-4/h8-10,12-14,25H,5-7,11,15H2,1-4H3,(H,26,27). The Balaban J connectivity index is 1.59. The van der Waals surface area contributed by atoms with Crippen LogP contribution < -0.4 is 14.4 Å². The fourth-order valence-electron chi connectivity index (χ4n) is 4.23. The van der Waals surface area contributed by atoms with E-state index in [0.717, 1.165) is 36.0 Å². The van der Waals surface area contributed by atoms with Crippen LogP contribution in [0.3, 0.4) is 0 Å². The Morgan fingerprint density at radius 1 is 1.18 bits per heavy atom. The van der Waals surface area contributed by atoms with Gasteiger partial charge in [-0.2, -0.15) is 0 Å². The van der Waals surface area contributed by atoms with Gasteiger partial charge in [0.1, 0.15) is 11.6 Å². The molecule has 0 unspecified atom stereocenters. The number of H-pyrrole nitrogens is 1. The molecule has 1 aliphatic rings. The first kappa shape index (κ1) is 23.3. The number of anilines is 1. The number of ether oxygens (including phenoxy) is 1. The number of amides is 1. The second-order valence-corrected chi connectivity index (χ2v) is 10.6. The maximum Gasteiger partial charge on any atom is 0.241 e. The maximum absolute atomic E-state index is 13.0. The molecule has 0 fully saturated rings. The molecule has 0 radical (unpaired) electrons. The Kier molecular flexibility index (Phi) is 6.20. The van der Waals surface area contributed by atoms with Crippen molar-refractivity contribution < 1.29 is 17.9 Å². The van der Waals surface area contributed by atoms with Crippen LogP contribution in [0, 0.1) is 0 Å². The van der Waals surface area contributed by atoms with Gasteiger partial charge < -0.3 is 14.6 Å². The molecule has 0 bridgehead atoms. The maximum atomic E-state index is 13.0. The third kappa shape index (κ3) is 4.35. The number of unbranched alkanes of at least 4 members (excludes halogenated alkanes) is 2. The molecule has 0 atom stereocenters. The van der Waals surface area contributed by atoms with E-state index in [1.807, 2.05) is 30.9 Å². The van der Waals surface area contributed by atoms with Crippen molar-refractivity contribution in [1.82, 2.24) is 14.7 Å². The molecule has 0 spiro atoms. The summed E-state index contributed by atoms with van der Waals surface area (Å²) in [5, 5.41) is 0. The molecule has 1 amide bonds. The van der Waals surface area contributed by atoms with Gasteiger partial charge >= 0.3 is 0 Å². The molecule has 176 valence electrons. The fraction of sp³-hybridized carbons (Fsp3) is 0.417. The predicted octanol–water partition coefficient (Wildman–Crippen LogP) is 3.86. The number of imidazole rings is 1. The number of aromatic nitrogens is 2. The number of sulfonamides is 1. The molecule has 2 heterocycles. The molecular formula is C24H30N4O4S. The van der Waals surface area contributed by atoms with E-state index in [9.17, 15) is 13.2 Å². The second-order valence-electron chi connectivity index (χ2n) is 8.86. The smallest absolute Gasteiger partial charge is 0.241 e. The Labute approximate surface area is 194 Å². The van der Waals surface area contributed by atoms with Crippen LogP contribution in [0.25, 0.3) is 11.0 Å². The van der Waals surface area contributed by atoms with Gasteiger partial charge in [0.05, 0.1) is 40.7 Å². The largest absolute Gasteiger partial charge is 0.497 e. The SMILES string of the molecule is CCCCCN1C(=O)C(C)(C)c2cc3[nH]c(CNS(=O)(=O)c4cccc(OC)c4)nc3cc21. The van der Waals surface area contributed by atoms with E-state index >= 15 is 0 Å². The summed E-state index contributed by atoms with van der Waals surface area (Å²) in [6, 6.07) is 10.2. The monoisotopic (exact) mass is 470 g/mol. The number of fused-ring (bicyclic) bond motifs is 2. The number of nitrogens with one attached hydrogen (secondary N) is 2. The number of hydrogen-bond acceptors (Lipinski definition) is 5. The second kappa shape index (κ2) is 8.79. The van der Waals surface area contributed by atoms with Crippen LogP contribution >= 0.6 is 0 Å². The lowest BCUT2D eigenvalue weighted by Crippen LogP contribution is -2.36. The minimum absolute atomic E-state index is 0.0153. The zero-order valence-corrected chi connectivity index (χ0v) is 20.3. The summed E-state index contributed by atoms with van der Waals surface area (Å²) in [5.41, 5.74) is 2.72. The lowest BCUT2D eigenvalue weighted by molar-refractivity contribution is -0.122. The first-order chi connectivity index (χ1) is 15.7. The van der Waals surface area contributed by atoms with E-state index in [1.165, 1.54) is 19.2 Å². The molecule has 4 rings (SSSR count). The van der Waals surface area contributed by atoms with Gasteiger partial charge in [0.2, 0.25) is 15.9 Å². The van der Waals surface area contributed by atoms with Crippen molar-refractivity contribution in [3.8, 4) is 5.75 Å². The number of nitrogens with zero attached hydrogens (tertiary/aromatic N) is 2. The molecule has 2 N–H and O–H groups in total. The Hall–Kier alpha value is -2.91. The van der Waals surface area contributed by atoms with Crippen molar-refractivity contribution in [1.29, 1.82) is 0 Å². The van der Waals surface area contributed by atoms with E-state index in [1.54, 1.807) is 12.1 Å². The Bertz CT molecular complexity index is 1300. The zero-order chi connectivity index (χ0) is 23.8. The van der Waals surface area contributed by atoms with Gasteiger partial charge in [-0.1, -0.05) is 25.8 Å². The Morgan fingerprint density at radius 3 is 2.70 bits per heavy atom. The third-order valence-electron chi connectivity index (χ3n) is 6.16. The van der Waals surface area contributed by atoms with Gasteiger partial charge in [-0.3, -0.25) is 4.79 Å². The van der Waals surface area contributed by atoms with Crippen LogP contribution in [-0.4, -0.2) is 37.9 Å². The minimum Gasteiger partial charge on any atom is -0.497 e. The molecule has 9 heteroatoms. The number of benzene rings is 2. The highest BCUT2D eigenvalue weighted by atomic mass is 32.2. The predicted molar refractivity (Wildman–Crippen MR) is 128 cm³/mol. The van der Waals surface area contributed by atoms with Crippen molar-refractivity contribution in [2.75, 3.05) is 18.6 Å². The summed E-state index contributed by atoms with van der Waals surface area (Å²) >= 11 is 0. The van der Waals surface area contributed by atoms with Crippen molar-refractivity contribution >= 4 is 32.7 Å². The number of methoxy groups -OCH3 is 1. The van der Waals surface area contributed by atoms with Crippen LogP contribution in [0.4, 0.5) is 5.69 Å². The van der Waals surface area contributed by atoms with Crippen LogP contribution in [0.1, 0.15) is 51.4 Å². The van der Waals surface area contributed by atoms with Crippen molar-refractivity contribution in [2.45, 2.75) is 56.9 Å². The fourth-order valence-corrected chi connectivity index (χ4v) is 5.25. The summed E-state index contributed by atoms with van der Waals surface area (Å²) in [5.74, 6) is 1.08. The highest BCUT2D eigenvalue weighted by Crippen LogP contribution is 2.43. The zero-order valence-electron chi connectivity index (χ0n) is 19.4. The highest BCUT2D eigenvalue weighted by Gasteiger charge is 2.44. The topological polar surface area (TPSA) is 104 Å². The number of rotatable bonds is 9. The quantitative estimate of drug-likeness (QED) is 0.462. The summed E-state index contributed by atoms with van der Waals surface area (Å²) in [4.78, 5) is 22.8. The molecule has 3 aromatic rings. The van der Waals surface area contributed by atoms with Gasteiger partial charge in [0.25, 0.3) is 0 Å². The molecule has 8 nitrogen and oxygen atoms in total. The molecule has 1 aromatic heterocycles. The van der Waals surface area contributed by atoms with Gasteiger partial charge in [0, 0.05) is 12.6 Å². The number of carbonyl (C=O) groups excluding carboxylic acids is 1. The third-order valence-corrected chi connectivity index (χ3v) is 7.56. The summed E-state index contributed by atoms with van der Waals surface area (Å²) in [7, 11) is -2.24. The van der Waals surface area contributed by atoms with E-state index < -0.39 is 15.4 Å². The molecule has 0 saturated heterocycles. The average Bonchev–Trinajstić information content (AvgIpc) is 3.28. The molecule has 1 aliphatic heterocycles. The molecule has 0 aliphatic carbocycles. The van der Waals surface area contributed by atoms with Crippen LogP contribution in [0.2, 0.25) is 0 Å². The van der Waals surface area contributed by atoms with E-state index in [2.05, 4.69) is 21.6 Å². The van der Waals surface area contributed by atoms with Crippen molar-refractivity contribution in [3.63, 3.8) is 0 Å². The highest BCUT2D eigenvalue weighted by molar-refractivity contribution is 7.89. The number of hydrogen-bond donors (Lipinski definition) is 2. The Morgan fingerprint density at radius 2 is 1.97 bits per heavy atom. The lowest BCUT2D eigenvalue weighted by Gasteiger charge is -2.20. The van der Waals surface area contributed by atoms with Crippen molar-refractivity contribution in [2.24, 2.45) is 0 Å². The average molecular weight is 471 g/mol. The summed E-state index contributed by atoms with van der Waals surface area (Å²) in [6.45, 7) is 6.73. The van der Waals surface area contributed by atoms with Gasteiger partial charge in [-0.05, 0) is 50.1 Å². The van der Waals surface area contributed by atoms with Crippen LogP contribution in [-0.2, 0) is 26.8 Å². The number of carbonyl (C=O) groups is 1. The van der Waals surface area contributed by atoms with Gasteiger partial charge in [0.15, 0.2) is 0 Å². The molecule has 2 aromatic carbocycles. The molecule has 0 saturated carbocycles. The first-order valence-electron chi connectivity index (χ1n) is 11.2. The summed E-state index contributed by atoms with van der Waals surface area (Å²) < 4.78 is 33.1. The first-order valence-corrected chi connectivity index (χ1v) is 12.6. The van der Waals surface area contributed by atoms with Crippen LogP contribution in [0.5, 0.6) is 5.75 Å². The number of aromatic amines is 1. The lowest BCUT2D eigenvalue weighted by atomic mass is 9.86. The van der Waals surface area contributed by atoms with E-state index in [0.29, 0.717) is 23.6 Å². The normalized spacial score (nSPS) is 15.3. The van der Waals surface area contributed by atoms with Crippen molar-refractivity contribution in [3.05, 3.63) is 47.8 Å². The minimum atomic E-state index is -3.73. The van der Waals surface area contributed by atoms with E-state index in [4.69, 9.17) is 4.74 Å². The van der Waals surface area contributed by atoms with E-state index in [-0.39, 0.29) is 17.3 Å². The van der Waals surface area contributed by atoms with Gasteiger partial charge in [-0.15, -0.1) is 0 Å². The van der Waals surface area contributed by atoms with Gasteiger partial charge in [-0.25, -0.2) is 18.1 Å². The summed E-state index contributed by atoms with van der Waals surface area (Å²) in [6.07, 6.45) is 3.11. The molecule has 33 heavy (non-hydrogen) atoms. The van der Waals surface area contributed by atoms with Crippen LogP contribution in [0.15, 0.2) is 41.3 Å².